The van der Waals surface area contributed by atoms with E-state index < -0.39 is 17.8 Å². The quantitative estimate of drug-likeness (QED) is 0.764. The summed E-state index contributed by atoms with van der Waals surface area (Å²) in [6.07, 6.45) is 11.7. The number of carbonyl (C=O) groups is 1. The molecular formula is C19H30O4. The number of rotatable bonds is 5. The molecule has 0 aromatic carbocycles. The van der Waals surface area contributed by atoms with Crippen LogP contribution in [-0.2, 0) is 9.53 Å². The molecule has 5 atom stereocenters. The lowest BCUT2D eigenvalue weighted by atomic mass is 9.55. The molecule has 0 saturated heterocycles. The van der Waals surface area contributed by atoms with E-state index >= 15 is 0 Å². The maximum Gasteiger partial charge on any atom is 0.165 e. The van der Waals surface area contributed by atoms with Crippen molar-refractivity contribution in [3.63, 3.8) is 0 Å². The molecular weight excluding hydrogens is 292 g/mol. The zero-order valence-electron chi connectivity index (χ0n) is 14.1. The van der Waals surface area contributed by atoms with Gasteiger partial charge in [0.05, 0.1) is 12.2 Å². The average molecular weight is 322 g/mol. The lowest BCUT2D eigenvalue weighted by Crippen LogP contribution is -2.64. The second-order valence-electron chi connectivity index (χ2n) is 7.70. The molecule has 3 fully saturated rings. The average Bonchev–Trinajstić information content (AvgIpc) is 2.55. The first kappa shape index (κ1) is 17.1. The Kier molecular flexibility index (Phi) is 5.24. The summed E-state index contributed by atoms with van der Waals surface area (Å²) in [7, 11) is 1.60. The van der Waals surface area contributed by atoms with Crippen molar-refractivity contribution in [3.8, 4) is 0 Å². The molecule has 3 rings (SSSR count). The highest BCUT2D eigenvalue weighted by atomic mass is 16.5. The molecule has 23 heavy (non-hydrogen) atoms. The van der Waals surface area contributed by atoms with Gasteiger partial charge < -0.3 is 14.9 Å². The Bertz CT molecular complexity index is 454. The van der Waals surface area contributed by atoms with Gasteiger partial charge in [0.15, 0.2) is 5.78 Å². The van der Waals surface area contributed by atoms with Gasteiger partial charge in [-0.2, -0.15) is 0 Å². The summed E-state index contributed by atoms with van der Waals surface area (Å²) in [6.45, 7) is 0. The Morgan fingerprint density at radius 3 is 2.70 bits per heavy atom. The largest absolute Gasteiger partial charge is 0.393 e. The second kappa shape index (κ2) is 7.04. The van der Waals surface area contributed by atoms with E-state index in [1.54, 1.807) is 7.11 Å². The van der Waals surface area contributed by atoms with Crippen molar-refractivity contribution >= 4 is 5.78 Å². The molecule has 0 unspecified atom stereocenters. The van der Waals surface area contributed by atoms with Gasteiger partial charge in [-0.25, -0.2) is 0 Å². The van der Waals surface area contributed by atoms with E-state index in [2.05, 4.69) is 0 Å². The number of methoxy groups -OCH3 is 1. The number of Topliss-reactive ketones (excluding diaryl/α,β-unsaturated/α-hetero) is 1. The van der Waals surface area contributed by atoms with Crippen LogP contribution in [0.3, 0.4) is 0 Å². The molecule has 130 valence electrons. The zero-order valence-corrected chi connectivity index (χ0v) is 14.1. The highest BCUT2D eigenvalue weighted by molar-refractivity contribution is 5.94. The Morgan fingerprint density at radius 2 is 2.04 bits per heavy atom. The summed E-state index contributed by atoms with van der Waals surface area (Å²) in [5, 5.41) is 20.6. The lowest BCUT2D eigenvalue weighted by Gasteiger charge is -2.54. The third-order valence-electron chi connectivity index (χ3n) is 6.42. The number of aliphatic hydroxyl groups excluding tert-OH is 2. The third-order valence-corrected chi connectivity index (χ3v) is 6.42. The zero-order chi connectivity index (χ0) is 16.4. The Morgan fingerprint density at radius 1 is 1.30 bits per heavy atom. The maximum absolute atomic E-state index is 12.0. The minimum absolute atomic E-state index is 0.0573. The first-order valence-corrected chi connectivity index (χ1v) is 9.19. The summed E-state index contributed by atoms with van der Waals surface area (Å²) < 4.78 is 5.54. The van der Waals surface area contributed by atoms with Crippen LogP contribution in [0.5, 0.6) is 0 Å². The van der Waals surface area contributed by atoms with Gasteiger partial charge in [-0.15, -0.1) is 0 Å². The number of ketones is 1. The standard InChI is InChI=1S/C19H30O4/c1-23-19-10-9-17(21)15(16(19)12-18(19)22)8-7-14(20)11-13-5-3-2-4-6-13/h7-8,13-17,20-21H,2-6,9-12H2,1H3/b8-7+/t14-,15+,16+,17+,19+/m1/s1. The molecule has 0 spiro atoms. The van der Waals surface area contributed by atoms with E-state index in [1.807, 2.05) is 12.2 Å². The van der Waals surface area contributed by atoms with Crippen molar-refractivity contribution in [2.24, 2.45) is 17.8 Å². The summed E-state index contributed by atoms with van der Waals surface area (Å²) in [5.74, 6) is 0.769. The molecule has 0 radical (unpaired) electrons. The first-order chi connectivity index (χ1) is 11.1. The van der Waals surface area contributed by atoms with E-state index in [0.717, 1.165) is 6.42 Å². The van der Waals surface area contributed by atoms with Crippen LogP contribution in [0, 0.1) is 17.8 Å². The highest BCUT2D eigenvalue weighted by Gasteiger charge is 2.60. The van der Waals surface area contributed by atoms with Gasteiger partial charge in [0, 0.05) is 25.4 Å². The fraction of sp³-hybridized carbons (Fsp3) is 0.842. The topological polar surface area (TPSA) is 66.8 Å². The van der Waals surface area contributed by atoms with Crippen LogP contribution >= 0.6 is 0 Å². The van der Waals surface area contributed by atoms with Crippen LogP contribution in [0.15, 0.2) is 12.2 Å². The Labute approximate surface area is 138 Å². The van der Waals surface area contributed by atoms with E-state index in [-0.39, 0.29) is 17.6 Å². The van der Waals surface area contributed by atoms with Crippen molar-refractivity contribution in [1.29, 1.82) is 0 Å². The van der Waals surface area contributed by atoms with Gasteiger partial charge in [-0.3, -0.25) is 4.79 Å². The molecule has 3 saturated carbocycles. The van der Waals surface area contributed by atoms with Gasteiger partial charge >= 0.3 is 0 Å². The van der Waals surface area contributed by atoms with Crippen LogP contribution in [0.25, 0.3) is 0 Å². The maximum atomic E-state index is 12.0. The second-order valence-corrected chi connectivity index (χ2v) is 7.70. The number of carbonyl (C=O) groups excluding carboxylic acids is 1. The van der Waals surface area contributed by atoms with Crippen LogP contribution < -0.4 is 0 Å². The molecule has 0 bridgehead atoms. The molecule has 4 heteroatoms. The smallest absolute Gasteiger partial charge is 0.165 e. The fourth-order valence-electron chi connectivity index (χ4n) is 4.94. The Hall–Kier alpha value is -0.710. The molecule has 3 aliphatic carbocycles. The molecule has 0 aromatic heterocycles. The molecule has 2 N–H and O–H groups in total. The van der Waals surface area contributed by atoms with Crippen molar-refractivity contribution < 1.29 is 19.7 Å². The summed E-state index contributed by atoms with van der Waals surface area (Å²) in [6, 6.07) is 0. The van der Waals surface area contributed by atoms with Gasteiger partial charge in [-0.05, 0) is 25.2 Å². The number of ether oxygens (including phenoxy) is 1. The monoisotopic (exact) mass is 322 g/mol. The van der Waals surface area contributed by atoms with Gasteiger partial charge in [0.2, 0.25) is 0 Å². The van der Waals surface area contributed by atoms with Crippen molar-refractivity contribution in [1.82, 2.24) is 0 Å². The number of hydrogen-bond donors (Lipinski definition) is 2. The van der Waals surface area contributed by atoms with E-state index in [9.17, 15) is 15.0 Å². The molecule has 0 heterocycles. The van der Waals surface area contributed by atoms with Crippen molar-refractivity contribution in [2.45, 2.75) is 75.6 Å². The summed E-state index contributed by atoms with van der Waals surface area (Å²) in [5.41, 5.74) is -0.678. The van der Waals surface area contributed by atoms with E-state index in [1.165, 1.54) is 32.1 Å². The van der Waals surface area contributed by atoms with Crippen LogP contribution in [0.1, 0.15) is 57.8 Å². The third kappa shape index (κ3) is 3.26. The molecule has 4 nitrogen and oxygen atoms in total. The van der Waals surface area contributed by atoms with Crippen molar-refractivity contribution in [3.05, 3.63) is 12.2 Å². The number of fused-ring (bicyclic) bond motifs is 1. The lowest BCUT2D eigenvalue weighted by molar-refractivity contribution is -0.191. The number of hydrogen-bond acceptors (Lipinski definition) is 4. The van der Waals surface area contributed by atoms with Crippen molar-refractivity contribution in [2.75, 3.05) is 7.11 Å². The highest BCUT2D eigenvalue weighted by Crippen LogP contribution is 2.51. The SMILES string of the molecule is CO[C@@]12CC[C@H](O)[C@@H](/C=C/[C@@H](O)CC3CCCCC3)[C@@H]1CC2=O. The van der Waals surface area contributed by atoms with Crippen LogP contribution in [0.2, 0.25) is 0 Å². The molecule has 0 amide bonds. The predicted octanol–water partition coefficient (Wildman–Crippen LogP) is 2.62. The molecule has 3 aliphatic rings. The molecule has 0 aromatic rings. The van der Waals surface area contributed by atoms with Gasteiger partial charge in [0.25, 0.3) is 0 Å². The minimum Gasteiger partial charge on any atom is -0.393 e. The molecule has 0 aliphatic heterocycles. The van der Waals surface area contributed by atoms with Crippen LogP contribution in [-0.4, -0.2) is 40.9 Å². The minimum atomic E-state index is -0.678. The number of aliphatic hydroxyl groups is 2. The van der Waals surface area contributed by atoms with E-state index in [4.69, 9.17) is 4.74 Å². The summed E-state index contributed by atoms with van der Waals surface area (Å²) >= 11 is 0. The fourth-order valence-corrected chi connectivity index (χ4v) is 4.94. The predicted molar refractivity (Wildman–Crippen MR) is 87.9 cm³/mol. The van der Waals surface area contributed by atoms with E-state index in [0.29, 0.717) is 25.2 Å². The first-order valence-electron chi connectivity index (χ1n) is 9.19. The Balaban J connectivity index is 1.60. The summed E-state index contributed by atoms with van der Waals surface area (Å²) in [4.78, 5) is 12.0. The van der Waals surface area contributed by atoms with Gasteiger partial charge in [-0.1, -0.05) is 44.3 Å². The normalized spacial score (nSPS) is 40.0. The van der Waals surface area contributed by atoms with Crippen LogP contribution in [0.4, 0.5) is 0 Å². The van der Waals surface area contributed by atoms with Gasteiger partial charge in [0.1, 0.15) is 5.60 Å².